The number of nitrogens with zero attached hydrogens (tertiary/aromatic N) is 4. The molecule has 1 fully saturated rings. The number of nitrogens with one attached hydrogen (secondary N) is 1. The van der Waals surface area contributed by atoms with Gasteiger partial charge in [0.2, 0.25) is 0 Å². The normalized spacial score (nSPS) is 17.2. The third kappa shape index (κ3) is 10.9. The van der Waals surface area contributed by atoms with Crippen molar-refractivity contribution in [1.29, 1.82) is 5.26 Å². The smallest absolute Gasteiger partial charge is 0.351 e. The Hall–Kier alpha value is -5.45. The Morgan fingerprint density at radius 1 is 0.869 bits per heavy atom. The predicted octanol–water partition coefficient (Wildman–Crippen LogP) is 8.86. The lowest BCUT2D eigenvalue weighted by Gasteiger charge is -2.43. The van der Waals surface area contributed by atoms with E-state index < -0.39 is 38.3 Å². The fraction of sp³-hybridized carbons (Fsp3) is 0.362. The van der Waals surface area contributed by atoms with Crippen molar-refractivity contribution in [3.63, 3.8) is 0 Å². The van der Waals surface area contributed by atoms with Crippen molar-refractivity contribution in [2.75, 3.05) is 32.8 Å². The number of carbonyl (C=O) groups is 1. The summed E-state index contributed by atoms with van der Waals surface area (Å²) in [5, 5.41) is 12.1. The number of rotatable bonds is 19. The molecule has 0 saturated carbocycles. The van der Waals surface area contributed by atoms with Crippen LogP contribution in [0.4, 0.5) is 5.82 Å². The Morgan fingerprint density at radius 2 is 1.44 bits per heavy atom. The molecule has 14 heteroatoms. The van der Waals surface area contributed by atoms with Crippen LogP contribution in [0.25, 0.3) is 0 Å². The van der Waals surface area contributed by atoms with Crippen molar-refractivity contribution in [3.05, 3.63) is 154 Å². The summed E-state index contributed by atoms with van der Waals surface area (Å²) in [6.45, 7) is 8.57. The molecule has 1 aliphatic heterocycles. The van der Waals surface area contributed by atoms with Crippen LogP contribution in [0.2, 0.25) is 0 Å². The van der Waals surface area contributed by atoms with E-state index in [1.165, 1.54) is 4.57 Å². The first-order chi connectivity index (χ1) is 29.6. The van der Waals surface area contributed by atoms with E-state index in [1.807, 2.05) is 84.9 Å². The fourth-order valence-electron chi connectivity index (χ4n) is 7.49. The van der Waals surface area contributed by atoms with Gasteiger partial charge >= 0.3 is 5.69 Å². The molecule has 4 atom stereocenters. The molecule has 1 aliphatic rings. The van der Waals surface area contributed by atoms with Crippen LogP contribution in [0.5, 0.6) is 11.5 Å². The first-order valence-electron chi connectivity index (χ1n) is 20.4. The fourth-order valence-corrected chi connectivity index (χ4v) is 9.27. The van der Waals surface area contributed by atoms with Crippen LogP contribution in [-0.2, 0) is 24.1 Å². The lowest BCUT2D eigenvalue weighted by atomic mass is 9.80. The SMILES string of the molecule is COc1ccc(C(OC[C@H]2O[C@@H](n3ccc(NC(=O)c4ccccc4)nc3=O)CC[C@@H]2O[P@@](OCCC#N)N(C(C)C)C(C)C)(c2ccccc2)c2ccc(OC)cc2)cc1. The van der Waals surface area contributed by atoms with Gasteiger partial charge in [-0.15, -0.1) is 0 Å². The largest absolute Gasteiger partial charge is 0.497 e. The van der Waals surface area contributed by atoms with Crippen molar-refractivity contribution in [2.24, 2.45) is 0 Å². The Kier molecular flexibility index (Phi) is 15.8. The molecular weight excluding hydrogens is 794 g/mol. The van der Waals surface area contributed by atoms with Gasteiger partial charge in [-0.3, -0.25) is 9.36 Å². The summed E-state index contributed by atoms with van der Waals surface area (Å²) in [5.41, 5.74) is 1.26. The highest BCUT2D eigenvalue weighted by molar-refractivity contribution is 7.44. The highest BCUT2D eigenvalue weighted by Gasteiger charge is 2.43. The molecule has 0 radical (unpaired) electrons. The van der Waals surface area contributed by atoms with Gasteiger partial charge in [-0.05, 0) is 99.7 Å². The van der Waals surface area contributed by atoms with Gasteiger partial charge in [0.25, 0.3) is 14.4 Å². The van der Waals surface area contributed by atoms with Crippen molar-refractivity contribution in [1.82, 2.24) is 14.2 Å². The second-order valence-electron chi connectivity index (χ2n) is 15.0. The predicted molar refractivity (Wildman–Crippen MR) is 234 cm³/mol. The second kappa shape index (κ2) is 21.4. The molecule has 1 saturated heterocycles. The minimum Gasteiger partial charge on any atom is -0.497 e. The van der Waals surface area contributed by atoms with Crippen molar-refractivity contribution in [3.8, 4) is 17.6 Å². The summed E-state index contributed by atoms with van der Waals surface area (Å²) < 4.78 is 42.2. The minimum atomic E-state index is -1.65. The lowest BCUT2D eigenvalue weighted by Crippen LogP contribution is -2.46. The molecule has 0 bridgehead atoms. The molecule has 0 spiro atoms. The molecule has 61 heavy (non-hydrogen) atoms. The summed E-state index contributed by atoms with van der Waals surface area (Å²) in [7, 11) is 1.60. The van der Waals surface area contributed by atoms with Crippen molar-refractivity contribution >= 4 is 20.3 Å². The zero-order chi connectivity index (χ0) is 43.4. The topological polar surface area (TPSA) is 146 Å². The number of hydrogen-bond donors (Lipinski definition) is 1. The molecule has 5 aromatic rings. The first kappa shape index (κ1) is 45.1. The number of hydrogen-bond acceptors (Lipinski definition) is 11. The van der Waals surface area contributed by atoms with Gasteiger partial charge in [-0.1, -0.05) is 72.8 Å². The summed E-state index contributed by atoms with van der Waals surface area (Å²) in [4.78, 5) is 30.7. The molecule has 13 nitrogen and oxygen atoms in total. The molecule has 1 amide bonds. The molecule has 6 rings (SSSR count). The minimum absolute atomic E-state index is 0.0201. The number of carbonyl (C=O) groups excluding carboxylic acids is 1. The number of nitriles is 1. The number of anilines is 1. The molecule has 0 aliphatic carbocycles. The van der Waals surface area contributed by atoms with Gasteiger partial charge in [0.1, 0.15) is 35.2 Å². The maximum atomic E-state index is 13.7. The van der Waals surface area contributed by atoms with Crippen molar-refractivity contribution in [2.45, 2.75) is 83.1 Å². The lowest BCUT2D eigenvalue weighted by molar-refractivity contribution is -0.175. The molecular formula is C47H54N5O8P. The highest BCUT2D eigenvalue weighted by atomic mass is 31.2. The van der Waals surface area contributed by atoms with E-state index in [9.17, 15) is 14.9 Å². The summed E-state index contributed by atoms with van der Waals surface area (Å²) in [6.07, 6.45) is 0.668. The van der Waals surface area contributed by atoms with E-state index in [2.05, 4.69) is 48.7 Å². The second-order valence-corrected chi connectivity index (χ2v) is 16.4. The quantitative estimate of drug-likeness (QED) is 0.0483. The molecule has 2 heterocycles. The highest BCUT2D eigenvalue weighted by Crippen LogP contribution is 2.50. The van der Waals surface area contributed by atoms with Gasteiger partial charge in [-0.25, -0.2) is 9.46 Å². The van der Waals surface area contributed by atoms with Crippen LogP contribution in [0.15, 0.2) is 126 Å². The Morgan fingerprint density at radius 3 is 1.98 bits per heavy atom. The van der Waals surface area contributed by atoms with Gasteiger partial charge in [0, 0.05) is 23.8 Å². The maximum Gasteiger partial charge on any atom is 0.351 e. The van der Waals surface area contributed by atoms with Crippen LogP contribution >= 0.6 is 8.53 Å². The average Bonchev–Trinajstić information content (AvgIpc) is 3.28. The number of amides is 1. The number of aromatic nitrogens is 2. The Bertz CT molecular complexity index is 2200. The van der Waals surface area contributed by atoms with Crippen LogP contribution in [0, 0.1) is 11.3 Å². The Balaban J connectivity index is 1.39. The molecule has 4 aromatic carbocycles. The third-order valence-electron chi connectivity index (χ3n) is 10.4. The first-order valence-corrected chi connectivity index (χ1v) is 21.6. The van der Waals surface area contributed by atoms with Crippen LogP contribution in [0.3, 0.4) is 0 Å². The summed E-state index contributed by atoms with van der Waals surface area (Å²) in [6, 6.07) is 38.2. The molecule has 1 aromatic heterocycles. The number of ether oxygens (including phenoxy) is 4. The third-order valence-corrected chi connectivity index (χ3v) is 12.5. The van der Waals surface area contributed by atoms with E-state index in [0.717, 1.165) is 16.7 Å². The van der Waals surface area contributed by atoms with E-state index in [0.29, 0.717) is 29.9 Å². The van der Waals surface area contributed by atoms with Crippen LogP contribution in [0.1, 0.15) is 80.2 Å². The van der Waals surface area contributed by atoms with Gasteiger partial charge in [-0.2, -0.15) is 10.2 Å². The average molecular weight is 848 g/mol. The molecule has 1 N–H and O–H groups in total. The molecule has 0 unspecified atom stereocenters. The number of methoxy groups -OCH3 is 2. The standard InChI is InChI=1S/C47H54N5O8P/c1-33(2)52(34(3)4)61(58-31-13-29-48)60-41-26-27-44(51-30-28-43(50-46(51)54)49-45(53)35-14-9-7-10-15-35)59-42(41)32-57-47(36-16-11-8-12-17-36,37-18-22-39(55-5)23-19-37)38-20-24-40(56-6)25-21-38/h7-12,14-25,28,30,33-34,41-42,44H,13,26-27,31-32H2,1-6H3,(H,49,50,53,54)/t41-,42+,44+,61+/m0/s1. The van der Waals surface area contributed by atoms with Gasteiger partial charge in [0.15, 0.2) is 0 Å². The van der Waals surface area contributed by atoms with Gasteiger partial charge < -0.3 is 33.3 Å². The zero-order valence-corrected chi connectivity index (χ0v) is 36.4. The molecule has 320 valence electrons. The Labute approximate surface area is 359 Å². The van der Waals surface area contributed by atoms with E-state index in [-0.39, 0.29) is 43.4 Å². The van der Waals surface area contributed by atoms with Crippen LogP contribution < -0.4 is 20.5 Å². The number of benzene rings is 4. The van der Waals surface area contributed by atoms with E-state index in [1.54, 1.807) is 50.7 Å². The maximum absolute atomic E-state index is 13.7. The van der Waals surface area contributed by atoms with E-state index >= 15 is 0 Å². The monoisotopic (exact) mass is 847 g/mol. The van der Waals surface area contributed by atoms with E-state index in [4.69, 9.17) is 28.0 Å². The van der Waals surface area contributed by atoms with Gasteiger partial charge in [0.05, 0.1) is 46.0 Å². The van der Waals surface area contributed by atoms with Crippen molar-refractivity contribution < 1.29 is 32.8 Å². The summed E-state index contributed by atoms with van der Waals surface area (Å²) >= 11 is 0. The zero-order valence-electron chi connectivity index (χ0n) is 35.5. The van der Waals surface area contributed by atoms with Crippen LogP contribution in [-0.4, -0.2) is 71.9 Å². The summed E-state index contributed by atoms with van der Waals surface area (Å²) in [5.74, 6) is 1.14.